The molecule has 1 saturated heterocycles. The largest absolute Gasteiger partial charge is 0.360 e. The molecule has 0 aromatic carbocycles. The molecule has 2 rings (SSSR count). The van der Waals surface area contributed by atoms with Gasteiger partial charge in [0.05, 0.1) is 4.91 Å². The number of hydrogen-bond donors (Lipinski definition) is 0. The molecule has 0 radical (unpaired) electrons. The Hall–Kier alpha value is -2.11. The SMILES string of the molecule is CCCCN(C)c1c(/C=C2\SC(=S)N(C(C)C)C2=O)c(C)c(C#N)c(=O)n1C. The van der Waals surface area contributed by atoms with E-state index in [1.165, 1.54) is 16.3 Å². The molecule has 1 aromatic heterocycles. The van der Waals surface area contributed by atoms with Crippen molar-refractivity contribution in [2.24, 2.45) is 7.05 Å². The van der Waals surface area contributed by atoms with Crippen molar-refractivity contribution in [1.82, 2.24) is 9.47 Å². The van der Waals surface area contributed by atoms with Gasteiger partial charge in [0, 0.05) is 32.2 Å². The first-order valence-corrected chi connectivity index (χ1v) is 10.5. The van der Waals surface area contributed by atoms with Crippen LogP contribution in [0.5, 0.6) is 0 Å². The topological polar surface area (TPSA) is 69.3 Å². The Morgan fingerprint density at radius 3 is 2.50 bits per heavy atom. The van der Waals surface area contributed by atoms with Crippen LogP contribution in [-0.4, -0.2) is 39.3 Å². The van der Waals surface area contributed by atoms with Gasteiger partial charge in [-0.25, -0.2) is 0 Å². The lowest BCUT2D eigenvalue weighted by Crippen LogP contribution is -2.34. The number of pyridine rings is 1. The van der Waals surface area contributed by atoms with Gasteiger partial charge in [-0.05, 0) is 38.8 Å². The quantitative estimate of drug-likeness (QED) is 0.521. The van der Waals surface area contributed by atoms with Crippen LogP contribution in [0.15, 0.2) is 9.70 Å². The summed E-state index contributed by atoms with van der Waals surface area (Å²) in [6, 6.07) is 1.99. The van der Waals surface area contributed by atoms with E-state index in [4.69, 9.17) is 12.2 Å². The first-order valence-electron chi connectivity index (χ1n) is 9.27. The number of hydrogen-bond acceptors (Lipinski definition) is 6. The average molecular weight is 419 g/mol. The van der Waals surface area contributed by atoms with Crippen LogP contribution in [-0.2, 0) is 11.8 Å². The Bertz CT molecular complexity index is 941. The van der Waals surface area contributed by atoms with Gasteiger partial charge < -0.3 is 4.90 Å². The van der Waals surface area contributed by atoms with E-state index in [-0.39, 0.29) is 23.1 Å². The predicted molar refractivity (Wildman–Crippen MR) is 119 cm³/mol. The number of anilines is 1. The molecule has 28 heavy (non-hydrogen) atoms. The second-order valence-electron chi connectivity index (χ2n) is 7.13. The lowest BCUT2D eigenvalue weighted by molar-refractivity contribution is -0.123. The molecule has 0 spiro atoms. The zero-order chi connectivity index (χ0) is 21.2. The summed E-state index contributed by atoms with van der Waals surface area (Å²) < 4.78 is 2.02. The number of carbonyl (C=O) groups excluding carboxylic acids is 1. The van der Waals surface area contributed by atoms with Crippen molar-refractivity contribution in [2.75, 3.05) is 18.5 Å². The van der Waals surface area contributed by atoms with Gasteiger partial charge >= 0.3 is 0 Å². The molecule has 1 aliphatic rings. The van der Waals surface area contributed by atoms with E-state index < -0.39 is 0 Å². The Morgan fingerprint density at radius 1 is 1.36 bits per heavy atom. The van der Waals surface area contributed by atoms with Crippen LogP contribution in [0.2, 0.25) is 0 Å². The van der Waals surface area contributed by atoms with Gasteiger partial charge in [0.2, 0.25) is 0 Å². The molecular formula is C20H26N4O2S2. The lowest BCUT2D eigenvalue weighted by Gasteiger charge is -2.25. The first kappa shape index (κ1) is 22.2. The zero-order valence-electron chi connectivity index (χ0n) is 17.2. The molecule has 6 nitrogen and oxygen atoms in total. The van der Waals surface area contributed by atoms with Crippen LogP contribution < -0.4 is 10.5 Å². The fraction of sp³-hybridized carbons (Fsp3) is 0.500. The van der Waals surface area contributed by atoms with E-state index in [1.807, 2.05) is 31.9 Å². The molecule has 1 aromatic rings. The highest BCUT2D eigenvalue weighted by Gasteiger charge is 2.34. The minimum atomic E-state index is -0.328. The van der Waals surface area contributed by atoms with Gasteiger partial charge in [-0.1, -0.05) is 37.3 Å². The van der Waals surface area contributed by atoms with Gasteiger partial charge in [-0.3, -0.25) is 19.1 Å². The molecule has 1 fully saturated rings. The third kappa shape index (κ3) is 4.01. The normalized spacial score (nSPS) is 15.6. The summed E-state index contributed by atoms with van der Waals surface area (Å²) in [5.41, 5.74) is 1.06. The minimum absolute atomic E-state index is 0.0269. The molecule has 0 saturated carbocycles. The molecule has 8 heteroatoms. The fourth-order valence-corrected chi connectivity index (χ4v) is 4.74. The third-order valence-corrected chi connectivity index (χ3v) is 6.12. The molecule has 1 aliphatic heterocycles. The minimum Gasteiger partial charge on any atom is -0.360 e. The third-order valence-electron chi connectivity index (χ3n) is 4.79. The molecule has 0 atom stereocenters. The molecule has 2 heterocycles. The number of rotatable bonds is 6. The van der Waals surface area contributed by atoms with Gasteiger partial charge in [0.1, 0.15) is 21.8 Å². The highest BCUT2D eigenvalue weighted by atomic mass is 32.2. The van der Waals surface area contributed by atoms with Gasteiger partial charge in [0.25, 0.3) is 11.5 Å². The average Bonchev–Trinajstić information content (AvgIpc) is 2.91. The highest BCUT2D eigenvalue weighted by Crippen LogP contribution is 2.36. The van der Waals surface area contributed by atoms with Crippen molar-refractivity contribution >= 4 is 46.1 Å². The maximum Gasteiger partial charge on any atom is 0.270 e. The van der Waals surface area contributed by atoms with Crippen molar-refractivity contribution in [3.8, 4) is 6.07 Å². The molecule has 0 bridgehead atoms. The molecule has 1 amide bonds. The zero-order valence-corrected chi connectivity index (χ0v) is 18.8. The summed E-state index contributed by atoms with van der Waals surface area (Å²) in [4.78, 5) is 29.6. The van der Waals surface area contributed by atoms with Crippen LogP contribution in [0, 0.1) is 18.3 Å². The van der Waals surface area contributed by atoms with E-state index in [0.29, 0.717) is 26.2 Å². The molecular weight excluding hydrogens is 392 g/mol. The number of nitrogens with zero attached hydrogens (tertiary/aromatic N) is 4. The summed E-state index contributed by atoms with van der Waals surface area (Å²) in [6.45, 7) is 8.47. The molecule has 0 unspecified atom stereocenters. The van der Waals surface area contributed by atoms with Crippen molar-refractivity contribution in [1.29, 1.82) is 5.26 Å². The number of thiocarbonyl (C=S) groups is 1. The van der Waals surface area contributed by atoms with E-state index in [9.17, 15) is 14.9 Å². The molecule has 150 valence electrons. The Balaban J connectivity index is 2.71. The van der Waals surface area contributed by atoms with Gasteiger partial charge in [-0.15, -0.1) is 0 Å². The van der Waals surface area contributed by atoms with Crippen molar-refractivity contribution in [2.45, 2.75) is 46.6 Å². The van der Waals surface area contributed by atoms with E-state index in [1.54, 1.807) is 24.9 Å². The number of nitriles is 1. The standard InChI is InChI=1S/C20H26N4O2S2/c1-7-8-9-22(5)17-14(13(4)15(11-21)18(25)23(17)6)10-16-19(26)24(12(2)3)20(27)28-16/h10,12H,7-9H2,1-6H3/b16-10-. The maximum absolute atomic E-state index is 12.8. The van der Waals surface area contributed by atoms with Crippen LogP contribution in [0.1, 0.15) is 50.3 Å². The number of thioether (sulfide) groups is 1. The van der Waals surface area contributed by atoms with Crippen LogP contribution in [0.4, 0.5) is 5.82 Å². The Labute approximate surface area is 175 Å². The van der Waals surface area contributed by atoms with E-state index in [0.717, 1.165) is 19.4 Å². The predicted octanol–water partition coefficient (Wildman–Crippen LogP) is 3.41. The molecule has 0 N–H and O–H groups in total. The van der Waals surface area contributed by atoms with Crippen molar-refractivity contribution in [3.05, 3.63) is 31.9 Å². The number of aromatic nitrogens is 1. The Kier molecular flexibility index (Phi) is 7.07. The summed E-state index contributed by atoms with van der Waals surface area (Å²) in [5.74, 6) is 0.559. The monoisotopic (exact) mass is 418 g/mol. The van der Waals surface area contributed by atoms with Crippen molar-refractivity contribution in [3.63, 3.8) is 0 Å². The van der Waals surface area contributed by atoms with Gasteiger partial charge in [-0.2, -0.15) is 5.26 Å². The fourth-order valence-electron chi connectivity index (χ4n) is 3.23. The van der Waals surface area contributed by atoms with E-state index >= 15 is 0 Å². The highest BCUT2D eigenvalue weighted by molar-refractivity contribution is 8.26. The van der Waals surface area contributed by atoms with Crippen molar-refractivity contribution < 1.29 is 4.79 Å². The van der Waals surface area contributed by atoms with E-state index in [2.05, 4.69) is 6.92 Å². The van der Waals surface area contributed by atoms with Gasteiger partial charge in [0.15, 0.2) is 0 Å². The van der Waals surface area contributed by atoms with Crippen LogP contribution >= 0.6 is 24.0 Å². The number of unbranched alkanes of at least 4 members (excludes halogenated alkanes) is 1. The Morgan fingerprint density at radius 2 is 2.00 bits per heavy atom. The summed E-state index contributed by atoms with van der Waals surface area (Å²) in [6.07, 6.45) is 3.77. The second kappa shape index (κ2) is 8.93. The second-order valence-corrected chi connectivity index (χ2v) is 8.81. The maximum atomic E-state index is 12.8. The smallest absolute Gasteiger partial charge is 0.270 e. The summed E-state index contributed by atoms with van der Waals surface area (Å²) in [7, 11) is 3.59. The number of carbonyl (C=O) groups is 1. The lowest BCUT2D eigenvalue weighted by atomic mass is 10.0. The molecule has 0 aliphatic carbocycles. The number of amides is 1. The van der Waals surface area contributed by atoms with Crippen LogP contribution in [0.25, 0.3) is 6.08 Å². The first-order chi connectivity index (χ1) is 13.1. The summed E-state index contributed by atoms with van der Waals surface area (Å²) >= 11 is 6.62. The summed E-state index contributed by atoms with van der Waals surface area (Å²) in [5, 5.41) is 9.49. The van der Waals surface area contributed by atoms with Crippen LogP contribution in [0.3, 0.4) is 0 Å².